The molecule has 0 radical (unpaired) electrons. The lowest BCUT2D eigenvalue weighted by Crippen LogP contribution is -2.26. The van der Waals surface area contributed by atoms with E-state index in [-0.39, 0.29) is 10.3 Å². The van der Waals surface area contributed by atoms with E-state index in [0.29, 0.717) is 23.0 Å². The first-order chi connectivity index (χ1) is 16.6. The number of para-hydroxylation sites is 1. The van der Waals surface area contributed by atoms with Gasteiger partial charge in [0.1, 0.15) is 5.82 Å². The number of rotatable bonds is 6. The molecule has 0 saturated heterocycles. The van der Waals surface area contributed by atoms with Crippen LogP contribution in [0.25, 0.3) is 5.95 Å². The zero-order valence-electron chi connectivity index (χ0n) is 19.9. The quantitative estimate of drug-likeness (QED) is 0.437. The molecule has 180 valence electrons. The number of benzene rings is 2. The number of aromatic nitrogens is 4. The van der Waals surface area contributed by atoms with Crippen molar-refractivity contribution < 1.29 is 13.2 Å². The van der Waals surface area contributed by atoms with Gasteiger partial charge in [-0.2, -0.15) is 9.78 Å². The fourth-order valence-electron chi connectivity index (χ4n) is 3.29. The van der Waals surface area contributed by atoms with E-state index in [9.17, 15) is 13.2 Å². The van der Waals surface area contributed by atoms with Crippen molar-refractivity contribution in [3.05, 3.63) is 90.4 Å². The third kappa shape index (κ3) is 5.07. The van der Waals surface area contributed by atoms with Gasteiger partial charge in [0, 0.05) is 36.5 Å². The number of nitrogens with zero attached hydrogens (tertiary/aromatic N) is 5. The summed E-state index contributed by atoms with van der Waals surface area (Å²) < 4.78 is 28.7. The Kier molecular flexibility index (Phi) is 6.40. The molecule has 2 aromatic carbocycles. The number of amides is 1. The van der Waals surface area contributed by atoms with Crippen LogP contribution in [0.3, 0.4) is 0 Å². The number of hydrogen-bond donors (Lipinski definition) is 1. The fourth-order valence-corrected chi connectivity index (χ4v) is 4.49. The Labute approximate surface area is 204 Å². The lowest BCUT2D eigenvalue weighted by atomic mass is 9.92. The number of carbonyl (C=O) groups excluding carboxylic acids is 1. The van der Waals surface area contributed by atoms with Gasteiger partial charge in [-0.05, 0) is 42.5 Å². The zero-order valence-corrected chi connectivity index (χ0v) is 20.7. The van der Waals surface area contributed by atoms with E-state index in [1.807, 2.05) is 26.8 Å². The van der Waals surface area contributed by atoms with Gasteiger partial charge < -0.3 is 5.32 Å². The molecule has 0 atom stereocenters. The van der Waals surface area contributed by atoms with Crippen molar-refractivity contribution in [1.29, 1.82) is 0 Å². The third-order valence-corrected chi connectivity index (χ3v) is 7.16. The molecule has 0 fully saturated rings. The summed E-state index contributed by atoms with van der Waals surface area (Å²) >= 11 is 0. The molecule has 0 bridgehead atoms. The average molecular weight is 491 g/mol. The predicted octanol–water partition coefficient (Wildman–Crippen LogP) is 4.04. The van der Waals surface area contributed by atoms with Crippen LogP contribution < -0.4 is 9.62 Å². The highest BCUT2D eigenvalue weighted by atomic mass is 32.2. The van der Waals surface area contributed by atoms with Crippen LogP contribution in [0.5, 0.6) is 0 Å². The lowest BCUT2D eigenvalue weighted by Gasteiger charge is -2.19. The van der Waals surface area contributed by atoms with Crippen molar-refractivity contribution in [2.45, 2.75) is 31.1 Å². The second kappa shape index (κ2) is 9.30. The highest BCUT2D eigenvalue weighted by Crippen LogP contribution is 2.26. The molecule has 0 unspecified atom stereocenters. The second-order valence-electron chi connectivity index (χ2n) is 8.91. The van der Waals surface area contributed by atoms with Gasteiger partial charge in [0.15, 0.2) is 0 Å². The van der Waals surface area contributed by atoms with Crippen LogP contribution in [0, 0.1) is 0 Å². The van der Waals surface area contributed by atoms with Gasteiger partial charge in [0.05, 0.1) is 16.3 Å². The van der Waals surface area contributed by atoms with Crippen molar-refractivity contribution >= 4 is 27.4 Å². The first-order valence-corrected chi connectivity index (χ1v) is 12.3. The minimum atomic E-state index is -3.78. The topological polar surface area (TPSA) is 110 Å². The van der Waals surface area contributed by atoms with Gasteiger partial charge in [-0.1, -0.05) is 39.0 Å². The largest absolute Gasteiger partial charge is 0.306 e. The Hall–Kier alpha value is -4.05. The average Bonchev–Trinajstić information content (AvgIpc) is 3.29. The van der Waals surface area contributed by atoms with Gasteiger partial charge in [0.2, 0.25) is 0 Å². The van der Waals surface area contributed by atoms with Crippen LogP contribution in [-0.2, 0) is 15.4 Å². The van der Waals surface area contributed by atoms with E-state index in [0.717, 1.165) is 5.69 Å². The zero-order chi connectivity index (χ0) is 25.2. The fraction of sp³-hybridized carbons (Fsp3) is 0.200. The molecule has 1 N–H and O–H groups in total. The van der Waals surface area contributed by atoms with Crippen LogP contribution >= 0.6 is 0 Å². The molecular weight excluding hydrogens is 464 g/mol. The Morgan fingerprint density at radius 2 is 1.57 bits per heavy atom. The maximum Gasteiger partial charge on any atom is 0.264 e. The molecule has 4 aromatic rings. The van der Waals surface area contributed by atoms with Crippen LogP contribution in [0.1, 0.15) is 36.8 Å². The monoisotopic (exact) mass is 490 g/mol. The van der Waals surface area contributed by atoms with Crippen LogP contribution in [0.4, 0.5) is 11.5 Å². The predicted molar refractivity (Wildman–Crippen MR) is 134 cm³/mol. The second-order valence-corrected chi connectivity index (χ2v) is 10.9. The van der Waals surface area contributed by atoms with E-state index in [1.165, 1.54) is 40.3 Å². The minimum Gasteiger partial charge on any atom is -0.306 e. The van der Waals surface area contributed by atoms with E-state index in [2.05, 4.69) is 20.4 Å². The normalized spacial score (nSPS) is 11.8. The minimum absolute atomic E-state index is 0.0816. The van der Waals surface area contributed by atoms with Gasteiger partial charge in [0.25, 0.3) is 21.9 Å². The Morgan fingerprint density at radius 1 is 0.943 bits per heavy atom. The third-order valence-electron chi connectivity index (χ3n) is 5.36. The molecule has 9 nitrogen and oxygen atoms in total. The van der Waals surface area contributed by atoms with Gasteiger partial charge >= 0.3 is 0 Å². The maximum absolute atomic E-state index is 13.0. The summed E-state index contributed by atoms with van der Waals surface area (Å²) in [7, 11) is -2.29. The highest BCUT2D eigenvalue weighted by molar-refractivity contribution is 7.92. The molecule has 0 aliphatic heterocycles. The Balaban J connectivity index is 1.59. The van der Waals surface area contributed by atoms with Gasteiger partial charge in [-0.3, -0.25) is 9.10 Å². The summed E-state index contributed by atoms with van der Waals surface area (Å²) in [6.07, 6.45) is 3.19. The van der Waals surface area contributed by atoms with Gasteiger partial charge in [-0.25, -0.2) is 18.4 Å². The van der Waals surface area contributed by atoms with E-state index in [4.69, 9.17) is 0 Å². The van der Waals surface area contributed by atoms with Crippen LogP contribution in [0.15, 0.2) is 84.0 Å². The molecule has 0 spiro atoms. The van der Waals surface area contributed by atoms with Crippen molar-refractivity contribution in [3.8, 4) is 5.95 Å². The number of hydrogen-bond acceptors (Lipinski definition) is 6. The van der Waals surface area contributed by atoms with E-state index >= 15 is 0 Å². The molecule has 2 heterocycles. The van der Waals surface area contributed by atoms with Crippen molar-refractivity contribution in [1.82, 2.24) is 19.7 Å². The number of anilines is 2. The van der Waals surface area contributed by atoms with Crippen LogP contribution in [0.2, 0.25) is 0 Å². The number of sulfonamides is 1. The molecule has 2 aromatic heterocycles. The van der Waals surface area contributed by atoms with E-state index in [1.54, 1.807) is 48.8 Å². The Morgan fingerprint density at radius 3 is 2.17 bits per heavy atom. The molecule has 35 heavy (non-hydrogen) atoms. The summed E-state index contributed by atoms with van der Waals surface area (Å²) in [6.45, 7) is 6.05. The maximum atomic E-state index is 13.0. The van der Waals surface area contributed by atoms with Crippen molar-refractivity contribution in [2.24, 2.45) is 0 Å². The van der Waals surface area contributed by atoms with Crippen molar-refractivity contribution in [2.75, 3.05) is 16.7 Å². The molecule has 0 aliphatic carbocycles. The number of carbonyl (C=O) groups is 1. The molecule has 10 heteroatoms. The summed E-state index contributed by atoms with van der Waals surface area (Å²) in [6, 6.07) is 18.0. The highest BCUT2D eigenvalue weighted by Gasteiger charge is 2.24. The molecule has 0 saturated carbocycles. The van der Waals surface area contributed by atoms with Crippen molar-refractivity contribution in [3.63, 3.8) is 0 Å². The standard InChI is InChI=1S/C25H26N6O3S/c1-25(2,3)21-17-22(31(29-21)24-26-15-8-16-27-24)28-23(32)18-11-13-20(14-12-18)35(33,34)30(4)19-9-6-5-7-10-19/h5-17H,1-4H3,(H,28,32). The summed E-state index contributed by atoms with van der Waals surface area (Å²) in [5, 5.41) is 7.43. The smallest absolute Gasteiger partial charge is 0.264 e. The Bertz CT molecular complexity index is 1430. The summed E-state index contributed by atoms with van der Waals surface area (Å²) in [4.78, 5) is 21.6. The lowest BCUT2D eigenvalue weighted by molar-refractivity contribution is 0.102. The van der Waals surface area contributed by atoms with Crippen LogP contribution in [-0.4, -0.2) is 41.1 Å². The first-order valence-electron chi connectivity index (χ1n) is 10.9. The number of nitrogens with one attached hydrogen (secondary N) is 1. The van der Waals surface area contributed by atoms with Gasteiger partial charge in [-0.15, -0.1) is 0 Å². The first kappa shape index (κ1) is 24.1. The molecule has 0 aliphatic rings. The van der Waals surface area contributed by atoms with E-state index < -0.39 is 15.9 Å². The molecule has 1 amide bonds. The molecular formula is C25H26N6O3S. The summed E-state index contributed by atoms with van der Waals surface area (Å²) in [5.74, 6) is 0.318. The SMILES string of the molecule is CN(c1ccccc1)S(=O)(=O)c1ccc(C(=O)Nc2cc(C(C)(C)C)nn2-c2ncccn2)cc1. The molecule has 4 rings (SSSR count). The summed E-state index contributed by atoms with van der Waals surface area (Å²) in [5.41, 5.74) is 1.33.